The van der Waals surface area contributed by atoms with E-state index < -0.39 is 0 Å². The van der Waals surface area contributed by atoms with Gasteiger partial charge in [0.1, 0.15) is 0 Å². The van der Waals surface area contributed by atoms with Crippen LogP contribution in [0.25, 0.3) is 5.32 Å². The molecule has 0 aliphatic rings. The highest BCUT2D eigenvalue weighted by Crippen LogP contribution is 2.34. The predicted molar refractivity (Wildman–Crippen MR) is 66.5 cm³/mol. The maximum Gasteiger partial charge on any atom is 0.160 e. The van der Waals surface area contributed by atoms with E-state index in [1.54, 1.807) is 19.2 Å². The number of rotatable bonds is 5. The van der Waals surface area contributed by atoms with Gasteiger partial charge in [-0.25, -0.2) is 0 Å². The van der Waals surface area contributed by atoms with Gasteiger partial charge in [-0.15, -0.1) is 6.54 Å². The van der Waals surface area contributed by atoms with Crippen LogP contribution in [0.4, 0.5) is 0 Å². The molecular weight excluding hydrogens is 202 g/mol. The molecule has 0 saturated heterocycles. The van der Waals surface area contributed by atoms with Crippen LogP contribution >= 0.6 is 0 Å². The molecule has 16 heavy (non-hydrogen) atoms. The standard InChI is InChI=1S/C13H20NO2/c1-13(2,7-8-14-3)10-5-6-12(16-4)11(15)9-10/h5-6,9,15H,7-8H2,1-4H3/q-1. The van der Waals surface area contributed by atoms with Gasteiger partial charge in [0.15, 0.2) is 11.5 Å². The van der Waals surface area contributed by atoms with E-state index >= 15 is 0 Å². The van der Waals surface area contributed by atoms with Crippen LogP contribution in [0.15, 0.2) is 18.2 Å². The van der Waals surface area contributed by atoms with Crippen LogP contribution in [-0.4, -0.2) is 25.8 Å². The lowest BCUT2D eigenvalue weighted by molar-refractivity contribution is 0.371. The number of benzene rings is 1. The van der Waals surface area contributed by atoms with Crippen molar-refractivity contribution in [1.29, 1.82) is 0 Å². The largest absolute Gasteiger partial charge is 0.665 e. The Hall–Kier alpha value is -1.22. The monoisotopic (exact) mass is 222 g/mol. The molecule has 0 spiro atoms. The van der Waals surface area contributed by atoms with E-state index in [0.717, 1.165) is 18.5 Å². The predicted octanol–water partition coefficient (Wildman–Crippen LogP) is 3.07. The topological polar surface area (TPSA) is 43.6 Å². The number of phenolic OH excluding ortho intramolecular Hbond substituents is 1. The molecule has 0 amide bonds. The molecule has 0 saturated carbocycles. The summed E-state index contributed by atoms with van der Waals surface area (Å²) in [5.74, 6) is 0.709. The third-order valence-electron chi connectivity index (χ3n) is 2.92. The molecule has 0 heterocycles. The second-order valence-electron chi connectivity index (χ2n) is 4.56. The first-order valence-corrected chi connectivity index (χ1v) is 5.44. The minimum absolute atomic E-state index is 0.0171. The van der Waals surface area contributed by atoms with Crippen molar-refractivity contribution >= 4 is 0 Å². The summed E-state index contributed by atoms with van der Waals surface area (Å²) in [4.78, 5) is 0. The van der Waals surface area contributed by atoms with Crippen LogP contribution in [0.5, 0.6) is 11.5 Å². The molecular formula is C13H20NO2-. The molecule has 1 aromatic carbocycles. The van der Waals surface area contributed by atoms with Gasteiger partial charge in [-0.2, -0.15) is 7.05 Å². The van der Waals surface area contributed by atoms with E-state index in [4.69, 9.17) is 4.74 Å². The molecule has 0 atom stereocenters. The third-order valence-corrected chi connectivity index (χ3v) is 2.92. The Labute approximate surface area is 97.4 Å². The number of hydrogen-bond donors (Lipinski definition) is 1. The summed E-state index contributed by atoms with van der Waals surface area (Å²) in [5, 5.41) is 13.8. The quantitative estimate of drug-likeness (QED) is 0.832. The third kappa shape index (κ3) is 2.89. The second kappa shape index (κ2) is 5.21. The lowest BCUT2D eigenvalue weighted by Crippen LogP contribution is -2.18. The Morgan fingerprint density at radius 1 is 1.38 bits per heavy atom. The summed E-state index contributed by atoms with van der Waals surface area (Å²) in [6.07, 6.45) is 0.968. The molecule has 0 bridgehead atoms. The van der Waals surface area contributed by atoms with Gasteiger partial charge >= 0.3 is 0 Å². The Morgan fingerprint density at radius 3 is 2.56 bits per heavy atom. The first kappa shape index (κ1) is 12.8. The average molecular weight is 222 g/mol. The minimum Gasteiger partial charge on any atom is -0.665 e. The number of ether oxygens (including phenoxy) is 1. The molecule has 0 radical (unpaired) electrons. The van der Waals surface area contributed by atoms with Crippen molar-refractivity contribution in [2.24, 2.45) is 0 Å². The molecule has 0 aliphatic heterocycles. The van der Waals surface area contributed by atoms with Crippen LogP contribution < -0.4 is 4.74 Å². The Bertz CT molecular complexity index is 348. The maximum absolute atomic E-state index is 9.73. The lowest BCUT2D eigenvalue weighted by Gasteiger charge is -2.28. The zero-order valence-electron chi connectivity index (χ0n) is 10.4. The van der Waals surface area contributed by atoms with Crippen molar-refractivity contribution in [3.8, 4) is 11.5 Å². The van der Waals surface area contributed by atoms with Crippen molar-refractivity contribution < 1.29 is 9.84 Å². The van der Waals surface area contributed by atoms with Crippen molar-refractivity contribution in [3.05, 3.63) is 29.1 Å². The summed E-state index contributed by atoms with van der Waals surface area (Å²) >= 11 is 0. The van der Waals surface area contributed by atoms with Crippen LogP contribution in [0.1, 0.15) is 25.8 Å². The molecule has 0 unspecified atom stereocenters. The summed E-state index contributed by atoms with van der Waals surface area (Å²) < 4.78 is 5.03. The van der Waals surface area contributed by atoms with Gasteiger partial charge < -0.3 is 15.2 Å². The van der Waals surface area contributed by atoms with Gasteiger partial charge in [0.05, 0.1) is 7.11 Å². The van der Waals surface area contributed by atoms with Gasteiger partial charge in [0.2, 0.25) is 0 Å². The minimum atomic E-state index is 0.0171. The number of aromatic hydroxyl groups is 1. The van der Waals surface area contributed by atoms with Crippen LogP contribution in [0, 0.1) is 0 Å². The van der Waals surface area contributed by atoms with Gasteiger partial charge in [-0.05, 0) is 23.1 Å². The van der Waals surface area contributed by atoms with E-state index in [9.17, 15) is 5.11 Å². The number of hydrogen-bond acceptors (Lipinski definition) is 2. The second-order valence-corrected chi connectivity index (χ2v) is 4.56. The highest BCUT2D eigenvalue weighted by atomic mass is 16.5. The molecule has 1 aromatic rings. The van der Waals surface area contributed by atoms with E-state index in [-0.39, 0.29) is 11.2 Å². The van der Waals surface area contributed by atoms with E-state index in [0.29, 0.717) is 5.75 Å². The van der Waals surface area contributed by atoms with Crippen LogP contribution in [-0.2, 0) is 5.41 Å². The van der Waals surface area contributed by atoms with Crippen molar-refractivity contribution in [3.63, 3.8) is 0 Å². The average Bonchev–Trinajstić information content (AvgIpc) is 2.26. The smallest absolute Gasteiger partial charge is 0.160 e. The summed E-state index contributed by atoms with van der Waals surface area (Å²) in [5.41, 5.74) is 1.12. The molecule has 3 heteroatoms. The van der Waals surface area contributed by atoms with Gasteiger partial charge in [-0.1, -0.05) is 26.3 Å². The molecule has 0 aromatic heterocycles. The summed E-state index contributed by atoms with van der Waals surface area (Å²) in [7, 11) is 3.37. The van der Waals surface area contributed by atoms with Gasteiger partial charge in [-0.3, -0.25) is 0 Å². The highest BCUT2D eigenvalue weighted by Gasteiger charge is 2.19. The molecule has 0 aliphatic carbocycles. The lowest BCUT2D eigenvalue weighted by atomic mass is 9.81. The van der Waals surface area contributed by atoms with E-state index in [2.05, 4.69) is 19.2 Å². The van der Waals surface area contributed by atoms with Crippen LogP contribution in [0.3, 0.4) is 0 Å². The Balaban J connectivity index is 2.91. The van der Waals surface area contributed by atoms with Gasteiger partial charge in [0.25, 0.3) is 0 Å². The number of methoxy groups -OCH3 is 1. The summed E-state index contributed by atoms with van der Waals surface area (Å²) in [6.45, 7) is 5.14. The molecule has 0 fully saturated rings. The molecule has 1 rings (SSSR count). The van der Waals surface area contributed by atoms with Crippen molar-refractivity contribution in [2.75, 3.05) is 20.7 Å². The zero-order valence-corrected chi connectivity index (χ0v) is 10.4. The normalized spacial score (nSPS) is 11.5. The Morgan fingerprint density at radius 2 is 2.06 bits per heavy atom. The number of nitrogens with zero attached hydrogens (tertiary/aromatic N) is 1. The number of phenols is 1. The Kier molecular flexibility index (Phi) is 4.19. The van der Waals surface area contributed by atoms with Crippen molar-refractivity contribution in [1.82, 2.24) is 0 Å². The SMILES string of the molecule is C[N-]CCC(C)(C)c1ccc(OC)c(O)c1. The zero-order chi connectivity index (χ0) is 12.2. The molecule has 1 N–H and O–H groups in total. The fourth-order valence-electron chi connectivity index (χ4n) is 1.65. The van der Waals surface area contributed by atoms with E-state index in [1.165, 1.54) is 0 Å². The fraction of sp³-hybridized carbons (Fsp3) is 0.538. The fourth-order valence-corrected chi connectivity index (χ4v) is 1.65. The van der Waals surface area contributed by atoms with Gasteiger partial charge in [0, 0.05) is 0 Å². The van der Waals surface area contributed by atoms with Crippen molar-refractivity contribution in [2.45, 2.75) is 25.7 Å². The molecule has 3 nitrogen and oxygen atoms in total. The highest BCUT2D eigenvalue weighted by molar-refractivity contribution is 5.43. The van der Waals surface area contributed by atoms with E-state index in [1.807, 2.05) is 13.1 Å². The maximum atomic E-state index is 9.73. The summed E-state index contributed by atoms with van der Waals surface area (Å²) in [6, 6.07) is 5.57. The first-order chi connectivity index (χ1) is 7.51. The van der Waals surface area contributed by atoms with Crippen LogP contribution in [0.2, 0.25) is 0 Å². The first-order valence-electron chi connectivity index (χ1n) is 5.44. The molecule has 90 valence electrons.